The molecule has 28 heavy (non-hydrogen) atoms. The molecule has 2 aliphatic heterocycles. The lowest BCUT2D eigenvalue weighted by molar-refractivity contribution is -0.145. The minimum Gasteiger partial charge on any atom is -0.411 e. The molecule has 0 spiro atoms. The Bertz CT molecular complexity index is 647. The number of cyclic esters (lactones) is 2. The van der Waals surface area contributed by atoms with Crippen LogP contribution < -0.4 is 0 Å². The molecule has 5 aliphatic rings. The van der Waals surface area contributed by atoms with E-state index in [0.717, 1.165) is 77.0 Å². The van der Waals surface area contributed by atoms with Crippen molar-refractivity contribution in [2.75, 3.05) is 0 Å². The van der Waals surface area contributed by atoms with Gasteiger partial charge in [-0.15, -0.1) is 0 Å². The number of esters is 2. The summed E-state index contributed by atoms with van der Waals surface area (Å²) in [4.78, 5) is 34.4. The van der Waals surface area contributed by atoms with Crippen molar-refractivity contribution in [2.45, 2.75) is 89.1 Å². The number of carbonyl (C=O) groups is 2. The van der Waals surface area contributed by atoms with E-state index in [2.05, 4.69) is 0 Å². The second kappa shape index (κ2) is 7.60. The van der Waals surface area contributed by atoms with Gasteiger partial charge in [-0.2, -0.15) is 0 Å². The zero-order valence-corrected chi connectivity index (χ0v) is 16.5. The number of carbonyl (C=O) groups excluding carboxylic acids is 2. The van der Waals surface area contributed by atoms with Gasteiger partial charge < -0.3 is 9.47 Å². The van der Waals surface area contributed by atoms with E-state index in [9.17, 15) is 9.59 Å². The summed E-state index contributed by atoms with van der Waals surface area (Å²) < 4.78 is 11.3. The van der Waals surface area contributed by atoms with E-state index in [1.54, 1.807) is 0 Å². The van der Waals surface area contributed by atoms with Gasteiger partial charge in [-0.05, 0) is 51.4 Å². The largest absolute Gasteiger partial charge is 0.411 e. The molecule has 0 amide bonds. The minimum absolute atomic E-state index is 0.0201. The van der Waals surface area contributed by atoms with E-state index >= 15 is 0 Å². The molecule has 0 bridgehead atoms. The van der Waals surface area contributed by atoms with E-state index in [0.29, 0.717) is 11.8 Å². The minimum atomic E-state index is -0.0641. The van der Waals surface area contributed by atoms with E-state index in [-0.39, 0.29) is 47.7 Å². The summed E-state index contributed by atoms with van der Waals surface area (Å²) in [6.45, 7) is 0. The molecule has 2 heterocycles. The van der Waals surface area contributed by atoms with Gasteiger partial charge in [0.25, 0.3) is 0 Å². The molecule has 0 aromatic rings. The Morgan fingerprint density at radius 1 is 0.571 bits per heavy atom. The number of ether oxygens (including phenoxy) is 2. The van der Waals surface area contributed by atoms with Crippen LogP contribution >= 0.6 is 0 Å². The Kier molecular flexibility index (Phi) is 4.97. The van der Waals surface area contributed by atoms with Crippen molar-refractivity contribution in [3.8, 4) is 0 Å². The normalized spacial score (nSPS) is 41.0. The number of rotatable bonds is 2. The highest BCUT2D eigenvalue weighted by Gasteiger charge is 2.42. The number of nitrogens with zero attached hydrogens (tertiary/aromatic N) is 2. The van der Waals surface area contributed by atoms with Crippen molar-refractivity contribution in [3.05, 3.63) is 0 Å². The van der Waals surface area contributed by atoms with E-state index in [4.69, 9.17) is 19.5 Å². The number of fused-ring (bicyclic) bond motifs is 2. The fourth-order valence-corrected chi connectivity index (χ4v) is 5.78. The van der Waals surface area contributed by atoms with Gasteiger partial charge in [-0.25, -0.2) is 0 Å². The summed E-state index contributed by atoms with van der Waals surface area (Å²) in [6, 6.07) is 0.268. The maximum absolute atomic E-state index is 12.4. The average molecular weight is 386 g/mol. The van der Waals surface area contributed by atoms with Crippen LogP contribution in [0.1, 0.15) is 77.0 Å². The summed E-state index contributed by atoms with van der Waals surface area (Å²) in [5.41, 5.74) is 0. The Morgan fingerprint density at radius 3 is 1.39 bits per heavy atom. The molecule has 0 saturated heterocycles. The Balaban J connectivity index is 1.23. The molecule has 3 aliphatic carbocycles. The van der Waals surface area contributed by atoms with Crippen LogP contribution in [-0.4, -0.2) is 35.8 Å². The molecule has 6 nitrogen and oxygen atoms in total. The van der Waals surface area contributed by atoms with Crippen LogP contribution in [0.3, 0.4) is 0 Å². The van der Waals surface area contributed by atoms with Crippen molar-refractivity contribution >= 4 is 23.7 Å². The molecule has 0 aromatic carbocycles. The summed E-state index contributed by atoms with van der Waals surface area (Å²) >= 11 is 0. The lowest BCUT2D eigenvalue weighted by Gasteiger charge is -2.37. The SMILES string of the molecule is O=C1OC(C2CCC(C3=NC4CCCCC4C(=O)O3)CC2)=NC2CCCCC12. The summed E-state index contributed by atoms with van der Waals surface area (Å²) in [5.74, 6) is 1.59. The quantitative estimate of drug-likeness (QED) is 0.676. The third-order valence-corrected chi connectivity index (χ3v) is 7.49. The van der Waals surface area contributed by atoms with Crippen molar-refractivity contribution in [2.24, 2.45) is 33.7 Å². The maximum Gasteiger partial charge on any atom is 0.317 e. The van der Waals surface area contributed by atoms with Crippen LogP contribution in [-0.2, 0) is 19.1 Å². The second-order valence-electron chi connectivity index (χ2n) is 9.24. The first-order chi connectivity index (χ1) is 13.7. The first kappa shape index (κ1) is 18.3. The highest BCUT2D eigenvalue weighted by molar-refractivity contribution is 5.95. The third-order valence-electron chi connectivity index (χ3n) is 7.49. The van der Waals surface area contributed by atoms with Crippen LogP contribution in [0, 0.1) is 23.7 Å². The zero-order chi connectivity index (χ0) is 19.1. The fraction of sp³-hybridized carbons (Fsp3) is 0.818. The van der Waals surface area contributed by atoms with Crippen LogP contribution in [0.15, 0.2) is 9.98 Å². The number of hydrogen-bond acceptors (Lipinski definition) is 6. The zero-order valence-electron chi connectivity index (χ0n) is 16.5. The predicted molar refractivity (Wildman–Crippen MR) is 104 cm³/mol. The molecule has 0 aromatic heterocycles. The molecule has 6 heteroatoms. The smallest absolute Gasteiger partial charge is 0.317 e. The summed E-state index contributed by atoms with van der Waals surface area (Å²) in [7, 11) is 0. The standard InChI is InChI=1S/C22H30N2O4/c25-21-15-5-1-3-7-17(15)23-19(27-21)13-9-11-14(12-10-13)20-24-18-8-4-2-6-16(18)22(26)28-20/h13-18H,1-12H2. The van der Waals surface area contributed by atoms with Crippen molar-refractivity contribution in [1.29, 1.82) is 0 Å². The van der Waals surface area contributed by atoms with Crippen LogP contribution in [0.25, 0.3) is 0 Å². The Labute approximate surface area is 166 Å². The molecular weight excluding hydrogens is 356 g/mol. The van der Waals surface area contributed by atoms with Crippen molar-refractivity contribution in [3.63, 3.8) is 0 Å². The van der Waals surface area contributed by atoms with Gasteiger partial charge in [-0.1, -0.05) is 25.7 Å². The molecule has 0 radical (unpaired) electrons. The Morgan fingerprint density at radius 2 is 0.964 bits per heavy atom. The number of hydrogen-bond donors (Lipinski definition) is 0. The van der Waals surface area contributed by atoms with Gasteiger partial charge in [0.15, 0.2) is 11.8 Å². The lowest BCUT2D eigenvalue weighted by Crippen LogP contribution is -2.42. The molecule has 152 valence electrons. The maximum atomic E-state index is 12.4. The summed E-state index contributed by atoms with van der Waals surface area (Å²) in [5, 5.41) is 0. The molecule has 3 saturated carbocycles. The van der Waals surface area contributed by atoms with Gasteiger partial charge >= 0.3 is 11.9 Å². The van der Waals surface area contributed by atoms with E-state index in [1.807, 2.05) is 0 Å². The fourth-order valence-electron chi connectivity index (χ4n) is 5.78. The van der Waals surface area contributed by atoms with Gasteiger partial charge in [0.2, 0.25) is 0 Å². The predicted octanol–water partition coefficient (Wildman–Crippen LogP) is 3.82. The van der Waals surface area contributed by atoms with E-state index < -0.39 is 0 Å². The molecule has 0 N–H and O–H groups in total. The molecular formula is C22H30N2O4. The molecule has 4 unspecified atom stereocenters. The second-order valence-corrected chi connectivity index (χ2v) is 9.24. The van der Waals surface area contributed by atoms with Gasteiger partial charge in [0.05, 0.1) is 23.9 Å². The van der Waals surface area contributed by atoms with E-state index in [1.165, 1.54) is 0 Å². The monoisotopic (exact) mass is 386 g/mol. The molecule has 3 fully saturated rings. The molecule has 5 rings (SSSR count). The highest BCUT2D eigenvalue weighted by Crippen LogP contribution is 2.38. The first-order valence-electron chi connectivity index (χ1n) is 11.3. The van der Waals surface area contributed by atoms with Gasteiger partial charge in [-0.3, -0.25) is 19.6 Å². The van der Waals surface area contributed by atoms with Gasteiger partial charge in [0.1, 0.15) is 0 Å². The van der Waals surface area contributed by atoms with Crippen LogP contribution in [0.2, 0.25) is 0 Å². The van der Waals surface area contributed by atoms with Crippen molar-refractivity contribution < 1.29 is 19.1 Å². The third kappa shape index (κ3) is 3.39. The van der Waals surface area contributed by atoms with Crippen molar-refractivity contribution in [1.82, 2.24) is 0 Å². The Hall–Kier alpha value is -1.72. The first-order valence-corrected chi connectivity index (χ1v) is 11.3. The average Bonchev–Trinajstić information content (AvgIpc) is 2.74. The highest BCUT2D eigenvalue weighted by atomic mass is 16.6. The summed E-state index contributed by atoms with van der Waals surface area (Å²) in [6.07, 6.45) is 12.0. The van der Waals surface area contributed by atoms with Gasteiger partial charge in [0, 0.05) is 11.8 Å². The topological polar surface area (TPSA) is 77.3 Å². The lowest BCUT2D eigenvalue weighted by atomic mass is 9.79. The van der Waals surface area contributed by atoms with Crippen LogP contribution in [0.5, 0.6) is 0 Å². The number of aliphatic imine (C=N–C) groups is 2. The van der Waals surface area contributed by atoms with Crippen LogP contribution in [0.4, 0.5) is 0 Å². The molecule has 4 atom stereocenters.